The number of hydrogen-bond acceptors (Lipinski definition) is 3. The summed E-state index contributed by atoms with van der Waals surface area (Å²) >= 11 is 7.74. The lowest BCUT2D eigenvalue weighted by atomic mass is 10.1. The molecule has 1 saturated heterocycles. The van der Waals surface area contributed by atoms with Crippen molar-refractivity contribution in [3.05, 3.63) is 28.5 Å². The molecule has 15 heavy (non-hydrogen) atoms. The van der Waals surface area contributed by atoms with Crippen LogP contribution in [0.3, 0.4) is 0 Å². The summed E-state index contributed by atoms with van der Waals surface area (Å²) in [4.78, 5) is 4.05. The molecule has 0 aromatic carbocycles. The van der Waals surface area contributed by atoms with Gasteiger partial charge >= 0.3 is 0 Å². The van der Waals surface area contributed by atoms with Crippen molar-refractivity contribution in [1.29, 1.82) is 5.26 Å². The third kappa shape index (κ3) is 2.45. The zero-order valence-corrected chi connectivity index (χ0v) is 9.81. The van der Waals surface area contributed by atoms with Crippen LogP contribution in [0, 0.1) is 11.3 Å². The van der Waals surface area contributed by atoms with Gasteiger partial charge in [-0.1, -0.05) is 18.0 Å². The normalized spacial score (nSPS) is 20.9. The monoisotopic (exact) mass is 238 g/mol. The van der Waals surface area contributed by atoms with Crippen LogP contribution in [0.25, 0.3) is 0 Å². The first kappa shape index (κ1) is 10.8. The molecular formula is C11H11ClN2S. The van der Waals surface area contributed by atoms with Gasteiger partial charge in [0.05, 0.1) is 5.56 Å². The second kappa shape index (κ2) is 4.87. The fourth-order valence-corrected chi connectivity index (χ4v) is 3.18. The Kier molecular flexibility index (Phi) is 3.50. The third-order valence-electron chi connectivity index (χ3n) is 2.53. The maximum absolute atomic E-state index is 8.86. The van der Waals surface area contributed by atoms with Gasteiger partial charge in [0.2, 0.25) is 0 Å². The Morgan fingerprint density at radius 2 is 2.40 bits per heavy atom. The first-order valence-electron chi connectivity index (χ1n) is 4.98. The van der Waals surface area contributed by atoms with Gasteiger partial charge in [-0.2, -0.15) is 17.0 Å². The molecule has 1 aromatic rings. The Morgan fingerprint density at radius 3 is 3.07 bits per heavy atom. The van der Waals surface area contributed by atoms with E-state index < -0.39 is 0 Å². The van der Waals surface area contributed by atoms with Gasteiger partial charge in [-0.3, -0.25) is 0 Å². The Bertz CT molecular complexity index is 394. The Balaban J connectivity index is 2.25. The molecular weight excluding hydrogens is 228 g/mol. The van der Waals surface area contributed by atoms with E-state index in [9.17, 15) is 0 Å². The second-order valence-corrected chi connectivity index (χ2v) is 5.24. The van der Waals surface area contributed by atoms with Crippen molar-refractivity contribution >= 4 is 23.4 Å². The molecule has 1 aromatic heterocycles. The summed E-state index contributed by atoms with van der Waals surface area (Å²) in [5.41, 5.74) is 1.63. The van der Waals surface area contributed by atoms with Crippen LogP contribution >= 0.6 is 23.4 Å². The fourth-order valence-electron chi connectivity index (χ4n) is 1.72. The molecule has 0 aliphatic carbocycles. The Morgan fingerprint density at radius 1 is 1.53 bits per heavy atom. The molecule has 0 amide bonds. The van der Waals surface area contributed by atoms with Crippen LogP contribution < -0.4 is 0 Å². The van der Waals surface area contributed by atoms with Crippen LogP contribution in [0.2, 0.25) is 5.15 Å². The highest BCUT2D eigenvalue weighted by molar-refractivity contribution is 7.99. The lowest BCUT2D eigenvalue weighted by Gasteiger charge is -2.21. The van der Waals surface area contributed by atoms with Crippen LogP contribution in [-0.2, 0) is 0 Å². The van der Waals surface area contributed by atoms with E-state index in [1.807, 2.05) is 17.8 Å². The summed E-state index contributed by atoms with van der Waals surface area (Å²) in [6, 6.07) is 3.94. The van der Waals surface area contributed by atoms with E-state index in [1.54, 1.807) is 6.20 Å². The summed E-state index contributed by atoms with van der Waals surface area (Å²) < 4.78 is 0. The van der Waals surface area contributed by atoms with Crippen molar-refractivity contribution in [2.24, 2.45) is 0 Å². The Labute approximate surface area is 98.7 Å². The van der Waals surface area contributed by atoms with E-state index in [2.05, 4.69) is 11.1 Å². The number of rotatable bonds is 1. The van der Waals surface area contributed by atoms with E-state index in [1.165, 1.54) is 25.0 Å². The zero-order chi connectivity index (χ0) is 10.7. The third-order valence-corrected chi connectivity index (χ3v) is 4.27. The van der Waals surface area contributed by atoms with Crippen LogP contribution in [0.15, 0.2) is 12.3 Å². The number of thioether (sulfide) groups is 1. The first-order chi connectivity index (χ1) is 7.31. The molecule has 4 heteroatoms. The van der Waals surface area contributed by atoms with Crippen LogP contribution in [0.4, 0.5) is 0 Å². The summed E-state index contributed by atoms with van der Waals surface area (Å²) in [5.74, 6) is 1.20. The summed E-state index contributed by atoms with van der Waals surface area (Å²) in [5, 5.41) is 9.66. The molecule has 1 aliphatic heterocycles. The largest absolute Gasteiger partial charge is 0.243 e. The van der Waals surface area contributed by atoms with Gasteiger partial charge in [0.25, 0.3) is 0 Å². The van der Waals surface area contributed by atoms with Gasteiger partial charge in [-0.25, -0.2) is 4.98 Å². The predicted molar refractivity (Wildman–Crippen MR) is 63.0 cm³/mol. The minimum Gasteiger partial charge on any atom is -0.243 e. The fraction of sp³-hybridized carbons (Fsp3) is 0.455. The number of aromatic nitrogens is 1. The van der Waals surface area contributed by atoms with E-state index in [0.717, 1.165) is 5.56 Å². The quantitative estimate of drug-likeness (QED) is 0.702. The maximum Gasteiger partial charge on any atom is 0.146 e. The van der Waals surface area contributed by atoms with Gasteiger partial charge < -0.3 is 0 Å². The van der Waals surface area contributed by atoms with E-state index in [0.29, 0.717) is 16.0 Å². The zero-order valence-electron chi connectivity index (χ0n) is 8.24. The van der Waals surface area contributed by atoms with Crippen molar-refractivity contribution in [3.8, 4) is 6.07 Å². The molecule has 1 aliphatic rings. The highest BCUT2D eigenvalue weighted by Crippen LogP contribution is 2.38. The molecule has 2 heterocycles. The summed E-state index contributed by atoms with van der Waals surface area (Å²) in [6.07, 6.45) is 5.54. The molecule has 1 unspecified atom stereocenters. The molecule has 78 valence electrons. The van der Waals surface area contributed by atoms with E-state index in [4.69, 9.17) is 16.9 Å². The molecule has 1 fully saturated rings. The van der Waals surface area contributed by atoms with E-state index in [-0.39, 0.29) is 0 Å². The average molecular weight is 239 g/mol. The lowest BCUT2D eigenvalue weighted by Crippen LogP contribution is -2.03. The smallest absolute Gasteiger partial charge is 0.146 e. The van der Waals surface area contributed by atoms with Crippen molar-refractivity contribution in [3.63, 3.8) is 0 Å². The minimum atomic E-state index is 0.307. The Hall–Kier alpha value is -0.720. The molecule has 2 nitrogen and oxygen atoms in total. The molecule has 1 atom stereocenters. The number of nitriles is 1. The highest BCUT2D eigenvalue weighted by atomic mass is 35.5. The second-order valence-electron chi connectivity index (χ2n) is 3.57. The molecule has 0 spiro atoms. The van der Waals surface area contributed by atoms with Gasteiger partial charge in [0.1, 0.15) is 11.2 Å². The van der Waals surface area contributed by atoms with Crippen molar-refractivity contribution in [1.82, 2.24) is 4.98 Å². The van der Waals surface area contributed by atoms with Crippen LogP contribution in [0.1, 0.15) is 35.6 Å². The maximum atomic E-state index is 8.86. The molecule has 0 bridgehead atoms. The predicted octanol–water partition coefficient (Wildman–Crippen LogP) is 3.56. The van der Waals surface area contributed by atoms with Gasteiger partial charge in [0, 0.05) is 11.4 Å². The van der Waals surface area contributed by atoms with Crippen molar-refractivity contribution in [2.45, 2.75) is 24.5 Å². The number of nitrogens with zero attached hydrogens (tertiary/aromatic N) is 2. The minimum absolute atomic E-state index is 0.307. The van der Waals surface area contributed by atoms with Crippen LogP contribution in [0.5, 0.6) is 0 Å². The lowest BCUT2D eigenvalue weighted by molar-refractivity contribution is 0.684. The number of halogens is 1. The average Bonchev–Trinajstić information content (AvgIpc) is 2.31. The molecule has 0 saturated carbocycles. The first-order valence-corrected chi connectivity index (χ1v) is 6.41. The number of pyridine rings is 1. The van der Waals surface area contributed by atoms with E-state index >= 15 is 0 Å². The van der Waals surface area contributed by atoms with Gasteiger partial charge in [0.15, 0.2) is 0 Å². The van der Waals surface area contributed by atoms with Gasteiger partial charge in [-0.15, -0.1) is 0 Å². The molecule has 0 radical (unpaired) electrons. The topological polar surface area (TPSA) is 36.7 Å². The standard InChI is InChI=1S/C11H11ClN2S/c12-11-8(6-13)5-9(7-14-11)10-3-1-2-4-15-10/h5,7,10H,1-4H2. The summed E-state index contributed by atoms with van der Waals surface area (Å²) in [7, 11) is 0. The number of hydrogen-bond donors (Lipinski definition) is 0. The molecule has 2 rings (SSSR count). The molecule has 0 N–H and O–H groups in total. The SMILES string of the molecule is N#Cc1cc(C2CCCCS2)cnc1Cl. The summed E-state index contributed by atoms with van der Waals surface area (Å²) in [6.45, 7) is 0. The highest BCUT2D eigenvalue weighted by Gasteiger charge is 2.17. The van der Waals surface area contributed by atoms with Crippen molar-refractivity contribution < 1.29 is 0 Å². The van der Waals surface area contributed by atoms with Gasteiger partial charge in [-0.05, 0) is 30.2 Å². The van der Waals surface area contributed by atoms with Crippen molar-refractivity contribution in [2.75, 3.05) is 5.75 Å². The van der Waals surface area contributed by atoms with Crippen LogP contribution in [-0.4, -0.2) is 10.7 Å².